The van der Waals surface area contributed by atoms with Crippen molar-refractivity contribution in [2.45, 2.75) is 39.3 Å². The highest BCUT2D eigenvalue weighted by Crippen LogP contribution is 2.31. The summed E-state index contributed by atoms with van der Waals surface area (Å²) in [5, 5.41) is 0. The van der Waals surface area contributed by atoms with E-state index in [0.717, 1.165) is 32.4 Å². The van der Waals surface area contributed by atoms with Gasteiger partial charge in [0.1, 0.15) is 13.5 Å². The van der Waals surface area contributed by atoms with Gasteiger partial charge in [-0.2, -0.15) is 4.58 Å². The molecule has 0 N–H and O–H groups in total. The molecular formula is C36H40N4+2. The SMILES string of the molecule is Cc1cc(N(C)Cc2ccc(C[N+]3=C(CC4=[N+](C)c5ccccc5C4)Cc4ccccc43)cc2)ccc1N(C)C. The summed E-state index contributed by atoms with van der Waals surface area (Å²) in [4.78, 5) is 4.50. The van der Waals surface area contributed by atoms with Gasteiger partial charge in [-0.15, -0.1) is 0 Å². The third kappa shape index (κ3) is 5.06. The van der Waals surface area contributed by atoms with Crippen molar-refractivity contribution in [3.05, 3.63) is 119 Å². The lowest BCUT2D eigenvalue weighted by Gasteiger charge is -2.22. The fourth-order valence-electron chi connectivity index (χ4n) is 6.35. The fraction of sp³-hybridized carbons (Fsp3) is 0.278. The molecule has 2 aliphatic rings. The number of rotatable bonds is 8. The van der Waals surface area contributed by atoms with Crippen LogP contribution in [0.4, 0.5) is 22.7 Å². The summed E-state index contributed by atoms with van der Waals surface area (Å²) >= 11 is 0. The van der Waals surface area contributed by atoms with Crippen molar-refractivity contribution < 1.29 is 9.15 Å². The molecule has 4 aromatic carbocycles. The third-order valence-electron chi connectivity index (χ3n) is 8.57. The zero-order valence-electron chi connectivity index (χ0n) is 24.5. The molecule has 0 aliphatic carbocycles. The van der Waals surface area contributed by atoms with Crippen molar-refractivity contribution in [1.82, 2.24) is 0 Å². The number of nitrogens with zero attached hydrogens (tertiary/aromatic N) is 4. The molecule has 6 rings (SSSR count). The van der Waals surface area contributed by atoms with E-state index in [-0.39, 0.29) is 0 Å². The molecule has 0 fully saturated rings. The number of hydrogen-bond acceptors (Lipinski definition) is 2. The summed E-state index contributed by atoms with van der Waals surface area (Å²) in [5.41, 5.74) is 15.1. The van der Waals surface area contributed by atoms with Gasteiger partial charge < -0.3 is 9.80 Å². The van der Waals surface area contributed by atoms with Gasteiger partial charge in [-0.1, -0.05) is 60.7 Å². The molecule has 0 amide bonds. The first-order chi connectivity index (χ1) is 19.4. The zero-order chi connectivity index (χ0) is 27.8. The molecule has 4 aromatic rings. The Labute approximate surface area is 239 Å². The monoisotopic (exact) mass is 528 g/mol. The summed E-state index contributed by atoms with van der Waals surface area (Å²) in [6.45, 7) is 3.97. The highest BCUT2D eigenvalue weighted by Gasteiger charge is 2.35. The van der Waals surface area contributed by atoms with Crippen molar-refractivity contribution in [1.29, 1.82) is 0 Å². The van der Waals surface area contributed by atoms with E-state index in [1.807, 2.05) is 0 Å². The molecule has 2 heterocycles. The van der Waals surface area contributed by atoms with Crippen LogP contribution < -0.4 is 9.80 Å². The Morgan fingerprint density at radius 1 is 0.700 bits per heavy atom. The summed E-state index contributed by atoms with van der Waals surface area (Å²) in [6.07, 6.45) is 3.08. The second-order valence-electron chi connectivity index (χ2n) is 11.6. The van der Waals surface area contributed by atoms with Gasteiger partial charge in [-0.25, -0.2) is 4.58 Å². The second kappa shape index (κ2) is 10.8. The number of benzene rings is 4. The normalized spacial score (nSPS) is 14.0. The first-order valence-corrected chi connectivity index (χ1v) is 14.3. The highest BCUT2D eigenvalue weighted by atomic mass is 15.1. The van der Waals surface area contributed by atoms with Crippen LogP contribution in [0.1, 0.15) is 34.2 Å². The van der Waals surface area contributed by atoms with Gasteiger partial charge in [0.25, 0.3) is 0 Å². The Bertz CT molecular complexity index is 1630. The van der Waals surface area contributed by atoms with Crippen LogP contribution in [0, 0.1) is 6.92 Å². The van der Waals surface area contributed by atoms with Crippen LogP contribution in [0.5, 0.6) is 0 Å². The highest BCUT2D eigenvalue weighted by molar-refractivity contribution is 6.05. The second-order valence-corrected chi connectivity index (χ2v) is 11.6. The van der Waals surface area contributed by atoms with Crippen LogP contribution in [0.2, 0.25) is 0 Å². The van der Waals surface area contributed by atoms with E-state index in [1.165, 1.54) is 62.0 Å². The lowest BCUT2D eigenvalue weighted by atomic mass is 10.0. The largest absolute Gasteiger partial charge is 0.377 e. The van der Waals surface area contributed by atoms with E-state index in [9.17, 15) is 0 Å². The minimum atomic E-state index is 0.885. The van der Waals surface area contributed by atoms with Gasteiger partial charge >= 0.3 is 0 Å². The maximum atomic E-state index is 2.56. The van der Waals surface area contributed by atoms with Crippen LogP contribution in [0.15, 0.2) is 91.0 Å². The third-order valence-corrected chi connectivity index (χ3v) is 8.57. The van der Waals surface area contributed by atoms with Gasteiger partial charge in [0, 0.05) is 67.9 Å². The Balaban J connectivity index is 1.20. The van der Waals surface area contributed by atoms with Gasteiger partial charge in [-0.05, 0) is 36.2 Å². The first-order valence-electron chi connectivity index (χ1n) is 14.3. The summed E-state index contributed by atoms with van der Waals surface area (Å²) in [5.74, 6) is 0. The van der Waals surface area contributed by atoms with Crippen molar-refractivity contribution in [3.8, 4) is 0 Å². The molecule has 0 bridgehead atoms. The van der Waals surface area contributed by atoms with Gasteiger partial charge in [-0.3, -0.25) is 0 Å². The summed E-state index contributed by atoms with van der Waals surface area (Å²) in [7, 11) is 8.60. The molecule has 0 atom stereocenters. The number of hydrogen-bond donors (Lipinski definition) is 0. The van der Waals surface area contributed by atoms with Gasteiger partial charge in [0.15, 0.2) is 18.0 Å². The van der Waals surface area contributed by atoms with Crippen LogP contribution in [-0.4, -0.2) is 48.8 Å². The van der Waals surface area contributed by atoms with E-state index < -0.39 is 0 Å². The molecule has 40 heavy (non-hydrogen) atoms. The average Bonchev–Trinajstić information content (AvgIpc) is 3.46. The topological polar surface area (TPSA) is 12.5 Å². The van der Waals surface area contributed by atoms with E-state index in [0.29, 0.717) is 0 Å². The minimum Gasteiger partial charge on any atom is -0.377 e. The lowest BCUT2D eigenvalue weighted by molar-refractivity contribution is -0.456. The number of para-hydroxylation sites is 2. The standard InChI is InChI=1S/C36H40N4/c1-26-20-31(18-19-34(26)37(2)3)38(4)24-27-14-16-28(17-15-27)25-40-33(22-30-11-7-9-13-36(30)40)23-32-21-29-10-6-8-12-35(29)39(32)5/h6-20H,21-25H2,1-5H3/q+2. The Kier molecular flexibility index (Phi) is 7.02. The van der Waals surface area contributed by atoms with Gasteiger partial charge in [0.05, 0.1) is 12.8 Å². The molecular weight excluding hydrogens is 488 g/mol. The molecule has 0 unspecified atom stereocenters. The predicted octanol–water partition coefficient (Wildman–Crippen LogP) is 6.90. The average molecular weight is 529 g/mol. The van der Waals surface area contributed by atoms with E-state index in [4.69, 9.17) is 0 Å². The van der Waals surface area contributed by atoms with Crippen molar-refractivity contribution in [2.75, 3.05) is 38.0 Å². The quantitative estimate of drug-likeness (QED) is 0.231. The van der Waals surface area contributed by atoms with E-state index >= 15 is 0 Å². The molecule has 0 saturated heterocycles. The Morgan fingerprint density at radius 3 is 2.00 bits per heavy atom. The van der Waals surface area contributed by atoms with Crippen LogP contribution in [0.3, 0.4) is 0 Å². The maximum absolute atomic E-state index is 2.56. The summed E-state index contributed by atoms with van der Waals surface area (Å²) in [6, 6.07) is 33.7. The summed E-state index contributed by atoms with van der Waals surface area (Å²) < 4.78 is 4.97. The number of fused-ring (bicyclic) bond motifs is 2. The van der Waals surface area contributed by atoms with Crippen molar-refractivity contribution in [2.24, 2.45) is 0 Å². The van der Waals surface area contributed by atoms with Crippen LogP contribution in [-0.2, 0) is 25.9 Å². The smallest absolute Gasteiger partial charge is 0.209 e. The molecule has 2 aliphatic heterocycles. The predicted molar refractivity (Wildman–Crippen MR) is 168 cm³/mol. The molecule has 0 aromatic heterocycles. The van der Waals surface area contributed by atoms with Crippen molar-refractivity contribution in [3.63, 3.8) is 0 Å². The van der Waals surface area contributed by atoms with Crippen LogP contribution in [0.25, 0.3) is 0 Å². The molecule has 4 nitrogen and oxygen atoms in total. The molecule has 0 saturated carbocycles. The molecule has 0 spiro atoms. The van der Waals surface area contributed by atoms with E-state index in [1.54, 1.807) is 0 Å². The van der Waals surface area contributed by atoms with E-state index in [2.05, 4.69) is 145 Å². The Morgan fingerprint density at radius 2 is 1.32 bits per heavy atom. The molecule has 0 radical (unpaired) electrons. The van der Waals surface area contributed by atoms with Crippen LogP contribution >= 0.6 is 0 Å². The fourth-order valence-corrected chi connectivity index (χ4v) is 6.35. The molecule has 4 heteroatoms. The molecule has 202 valence electrons. The van der Waals surface area contributed by atoms with Gasteiger partial charge in [0.2, 0.25) is 11.4 Å². The number of anilines is 2. The maximum Gasteiger partial charge on any atom is 0.209 e. The lowest BCUT2D eigenvalue weighted by Crippen LogP contribution is -2.21. The first kappa shape index (κ1) is 26.1. The zero-order valence-corrected chi connectivity index (χ0v) is 24.5. The Hall–Kier alpha value is -4.18. The minimum absolute atomic E-state index is 0.885. The van der Waals surface area contributed by atoms with Crippen molar-refractivity contribution >= 4 is 34.2 Å². The number of aryl methyl sites for hydroxylation is 1.